The van der Waals surface area contributed by atoms with E-state index in [-0.39, 0.29) is 29.6 Å². The highest BCUT2D eigenvalue weighted by molar-refractivity contribution is 9.10. The highest BCUT2D eigenvalue weighted by Gasteiger charge is 2.23. The minimum absolute atomic E-state index is 0.136. The summed E-state index contributed by atoms with van der Waals surface area (Å²) in [6.07, 6.45) is 4.45. The van der Waals surface area contributed by atoms with Gasteiger partial charge in [-0.1, -0.05) is 17.7 Å². The van der Waals surface area contributed by atoms with Crippen LogP contribution in [0, 0.1) is 5.82 Å². The van der Waals surface area contributed by atoms with Crippen molar-refractivity contribution >= 4 is 39.5 Å². The Morgan fingerprint density at radius 2 is 2.33 bits per heavy atom. The summed E-state index contributed by atoms with van der Waals surface area (Å²) in [5, 5.41) is 0.287. The molecule has 5 nitrogen and oxygen atoms in total. The van der Waals surface area contributed by atoms with Gasteiger partial charge < -0.3 is 14.4 Å². The van der Waals surface area contributed by atoms with Crippen molar-refractivity contribution in [1.29, 1.82) is 0 Å². The molecule has 1 fully saturated rings. The molecular weight excluding hydrogens is 439 g/mol. The van der Waals surface area contributed by atoms with Crippen LogP contribution in [0.5, 0.6) is 5.75 Å². The predicted molar refractivity (Wildman–Crippen MR) is 104 cm³/mol. The standard InChI is InChI=1S/C19H17BrClFN2O3/c20-15-10-13(3-5-16(15)22)4-6-18(25)24-8-9-26-14(11-24)12-27-17-2-1-7-23-19(17)21/h1-7,10,14H,8-9,11-12H2/b6-4+. The summed E-state index contributed by atoms with van der Waals surface area (Å²) < 4.78 is 24.9. The Labute approximate surface area is 169 Å². The maximum atomic E-state index is 13.3. The number of nitrogens with zero attached hydrogens (tertiary/aromatic N) is 2. The number of benzene rings is 1. The van der Waals surface area contributed by atoms with Crippen LogP contribution in [-0.2, 0) is 9.53 Å². The van der Waals surface area contributed by atoms with Gasteiger partial charge in [-0.05, 0) is 51.8 Å². The van der Waals surface area contributed by atoms with Gasteiger partial charge in [-0.25, -0.2) is 9.37 Å². The molecule has 1 aliphatic rings. The van der Waals surface area contributed by atoms with Gasteiger partial charge in [-0.15, -0.1) is 0 Å². The van der Waals surface area contributed by atoms with Gasteiger partial charge in [0, 0.05) is 18.8 Å². The Morgan fingerprint density at radius 1 is 1.48 bits per heavy atom. The minimum atomic E-state index is -0.344. The molecule has 0 spiro atoms. The van der Waals surface area contributed by atoms with Crippen LogP contribution in [0.4, 0.5) is 4.39 Å². The first kappa shape index (κ1) is 19.8. The number of rotatable bonds is 5. The van der Waals surface area contributed by atoms with E-state index in [0.29, 0.717) is 29.9 Å². The normalized spacial score (nSPS) is 17.3. The van der Waals surface area contributed by atoms with Gasteiger partial charge >= 0.3 is 0 Å². The predicted octanol–water partition coefficient (Wildman–Crippen LogP) is 3.96. The number of aromatic nitrogens is 1. The zero-order valence-corrected chi connectivity index (χ0v) is 16.6. The van der Waals surface area contributed by atoms with Crippen LogP contribution in [0.3, 0.4) is 0 Å². The molecule has 0 saturated carbocycles. The Kier molecular flexibility index (Phi) is 6.82. The fourth-order valence-corrected chi connectivity index (χ4v) is 3.14. The lowest BCUT2D eigenvalue weighted by molar-refractivity contribution is -0.134. The van der Waals surface area contributed by atoms with Crippen molar-refractivity contribution in [2.75, 3.05) is 26.3 Å². The number of morpholine rings is 1. The van der Waals surface area contributed by atoms with Crippen LogP contribution >= 0.6 is 27.5 Å². The Hall–Kier alpha value is -1.96. The van der Waals surface area contributed by atoms with E-state index in [0.717, 1.165) is 5.56 Å². The molecule has 3 rings (SSSR count). The third kappa shape index (κ3) is 5.51. The first-order valence-corrected chi connectivity index (χ1v) is 9.47. The molecule has 1 unspecified atom stereocenters. The van der Waals surface area contributed by atoms with Gasteiger partial charge in [0.25, 0.3) is 0 Å². The first-order chi connectivity index (χ1) is 13.0. The number of ether oxygens (including phenoxy) is 2. The molecule has 1 aliphatic heterocycles. The summed E-state index contributed by atoms with van der Waals surface area (Å²) in [5.74, 6) is -0.000580. The van der Waals surface area contributed by atoms with Crippen LogP contribution in [0.2, 0.25) is 5.15 Å². The number of carbonyl (C=O) groups is 1. The van der Waals surface area contributed by atoms with Crippen LogP contribution in [0.15, 0.2) is 47.1 Å². The SMILES string of the molecule is O=C(/C=C/c1ccc(F)c(Br)c1)N1CCOC(COc2cccnc2Cl)C1. The lowest BCUT2D eigenvalue weighted by Gasteiger charge is -2.32. The summed E-state index contributed by atoms with van der Waals surface area (Å²) >= 11 is 9.09. The van der Waals surface area contributed by atoms with Crippen LogP contribution in [0.1, 0.15) is 5.56 Å². The van der Waals surface area contributed by atoms with Crippen LogP contribution < -0.4 is 4.74 Å². The Balaban J connectivity index is 1.55. The smallest absolute Gasteiger partial charge is 0.246 e. The summed E-state index contributed by atoms with van der Waals surface area (Å²) in [5.41, 5.74) is 0.732. The van der Waals surface area contributed by atoms with Crippen LogP contribution in [0.25, 0.3) is 6.08 Å². The maximum absolute atomic E-state index is 13.3. The average Bonchev–Trinajstić information content (AvgIpc) is 2.68. The molecular formula is C19H17BrClFN2O3. The second kappa shape index (κ2) is 9.30. The van der Waals surface area contributed by atoms with E-state index in [1.807, 2.05) is 0 Å². The molecule has 0 radical (unpaired) electrons. The molecule has 0 bridgehead atoms. The van der Waals surface area contributed by atoms with Gasteiger partial charge in [0.15, 0.2) is 10.9 Å². The summed E-state index contributed by atoms with van der Waals surface area (Å²) in [7, 11) is 0. The van der Waals surface area contributed by atoms with E-state index in [2.05, 4.69) is 20.9 Å². The van der Waals surface area contributed by atoms with E-state index in [4.69, 9.17) is 21.1 Å². The summed E-state index contributed by atoms with van der Waals surface area (Å²) in [6.45, 7) is 1.61. The minimum Gasteiger partial charge on any atom is -0.488 e. The molecule has 1 aromatic carbocycles. The topological polar surface area (TPSA) is 51.7 Å². The Bertz CT molecular complexity index is 849. The molecule has 1 aromatic heterocycles. The first-order valence-electron chi connectivity index (χ1n) is 8.30. The summed E-state index contributed by atoms with van der Waals surface area (Å²) in [6, 6.07) is 8.03. The van der Waals surface area contributed by atoms with E-state index in [9.17, 15) is 9.18 Å². The number of hydrogen-bond acceptors (Lipinski definition) is 4. The largest absolute Gasteiger partial charge is 0.488 e. The number of hydrogen-bond donors (Lipinski definition) is 0. The van der Waals surface area contributed by atoms with Gasteiger partial charge in [0.2, 0.25) is 5.91 Å². The van der Waals surface area contributed by atoms with Crippen molar-refractivity contribution in [2.45, 2.75) is 6.10 Å². The van der Waals surface area contributed by atoms with Crippen LogP contribution in [-0.4, -0.2) is 48.2 Å². The number of halogens is 3. The Morgan fingerprint density at radius 3 is 3.11 bits per heavy atom. The van der Waals surface area contributed by atoms with Crippen molar-refractivity contribution in [3.05, 3.63) is 63.6 Å². The molecule has 0 aliphatic carbocycles. The van der Waals surface area contributed by atoms with Gasteiger partial charge in [-0.3, -0.25) is 4.79 Å². The molecule has 8 heteroatoms. The van der Waals surface area contributed by atoms with Gasteiger partial charge in [-0.2, -0.15) is 0 Å². The maximum Gasteiger partial charge on any atom is 0.246 e. The summed E-state index contributed by atoms with van der Waals surface area (Å²) in [4.78, 5) is 18.1. The third-order valence-corrected chi connectivity index (χ3v) is 4.85. The molecule has 2 heterocycles. The fourth-order valence-electron chi connectivity index (χ4n) is 2.57. The van der Waals surface area contributed by atoms with Crippen molar-refractivity contribution < 1.29 is 18.7 Å². The molecule has 142 valence electrons. The van der Waals surface area contributed by atoms with Crippen molar-refractivity contribution in [3.8, 4) is 5.75 Å². The lowest BCUT2D eigenvalue weighted by Crippen LogP contribution is -2.47. The van der Waals surface area contributed by atoms with E-state index in [1.54, 1.807) is 41.4 Å². The molecule has 2 aromatic rings. The second-order valence-corrected chi connectivity index (χ2v) is 7.10. The molecule has 1 saturated heterocycles. The molecule has 27 heavy (non-hydrogen) atoms. The van der Waals surface area contributed by atoms with Gasteiger partial charge in [0.05, 0.1) is 17.6 Å². The highest BCUT2D eigenvalue weighted by atomic mass is 79.9. The van der Waals surface area contributed by atoms with Crippen molar-refractivity contribution in [3.63, 3.8) is 0 Å². The molecule has 0 N–H and O–H groups in total. The number of pyridine rings is 1. The molecule has 1 atom stereocenters. The van der Waals surface area contributed by atoms with E-state index >= 15 is 0 Å². The quantitative estimate of drug-likeness (QED) is 0.506. The number of amides is 1. The fraction of sp³-hybridized carbons (Fsp3) is 0.263. The van der Waals surface area contributed by atoms with Crippen molar-refractivity contribution in [2.24, 2.45) is 0 Å². The highest BCUT2D eigenvalue weighted by Crippen LogP contribution is 2.21. The molecule has 1 amide bonds. The monoisotopic (exact) mass is 454 g/mol. The average molecular weight is 456 g/mol. The third-order valence-electron chi connectivity index (χ3n) is 3.96. The van der Waals surface area contributed by atoms with E-state index < -0.39 is 0 Å². The second-order valence-electron chi connectivity index (χ2n) is 5.89. The number of carbonyl (C=O) groups excluding carboxylic acids is 1. The van der Waals surface area contributed by atoms with Crippen molar-refractivity contribution in [1.82, 2.24) is 9.88 Å². The zero-order chi connectivity index (χ0) is 19.2. The van der Waals surface area contributed by atoms with E-state index in [1.165, 1.54) is 12.1 Å². The van der Waals surface area contributed by atoms with Gasteiger partial charge in [0.1, 0.15) is 18.5 Å². The lowest BCUT2D eigenvalue weighted by atomic mass is 10.2. The zero-order valence-electron chi connectivity index (χ0n) is 14.3.